The van der Waals surface area contributed by atoms with Crippen molar-refractivity contribution in [2.75, 3.05) is 24.1 Å². The van der Waals surface area contributed by atoms with E-state index in [2.05, 4.69) is 15.6 Å². The number of nitrogens with zero attached hydrogens (tertiary/aromatic N) is 1. The Kier molecular flexibility index (Phi) is 5.77. The van der Waals surface area contributed by atoms with Crippen LogP contribution in [0.1, 0.15) is 17.5 Å². The van der Waals surface area contributed by atoms with Gasteiger partial charge in [-0.2, -0.15) is 0 Å². The van der Waals surface area contributed by atoms with Crippen molar-refractivity contribution in [1.29, 1.82) is 0 Å². The van der Waals surface area contributed by atoms with Crippen LogP contribution in [0.3, 0.4) is 0 Å². The van der Waals surface area contributed by atoms with E-state index >= 15 is 0 Å². The molecule has 0 unspecified atom stereocenters. The number of aromatic nitrogens is 1. The third-order valence-corrected chi connectivity index (χ3v) is 3.28. The second kappa shape index (κ2) is 8.02. The zero-order valence-corrected chi connectivity index (χ0v) is 12.8. The number of anilines is 2. The molecule has 4 N–H and O–H groups in total. The van der Waals surface area contributed by atoms with Crippen molar-refractivity contribution >= 4 is 17.4 Å². The van der Waals surface area contributed by atoms with Crippen LogP contribution in [-0.2, 0) is 11.2 Å². The van der Waals surface area contributed by atoms with Gasteiger partial charge in [0.25, 0.3) is 0 Å². The van der Waals surface area contributed by atoms with Crippen molar-refractivity contribution in [3.8, 4) is 0 Å². The lowest BCUT2D eigenvalue weighted by molar-refractivity contribution is -0.120. The maximum absolute atomic E-state index is 11.8. The summed E-state index contributed by atoms with van der Waals surface area (Å²) in [5.41, 5.74) is 8.68. The van der Waals surface area contributed by atoms with E-state index < -0.39 is 0 Å². The van der Waals surface area contributed by atoms with Crippen LogP contribution in [0.2, 0.25) is 0 Å². The maximum atomic E-state index is 11.8. The van der Waals surface area contributed by atoms with Gasteiger partial charge in [-0.15, -0.1) is 0 Å². The summed E-state index contributed by atoms with van der Waals surface area (Å²) in [6.07, 6.45) is 3.01. The standard InChI is InChI=1S/C17H22N4O/c1-13-11-15(18)17(21-12-13)20-10-9-19-16(22)8-7-14-5-3-2-4-6-14/h2-6,11-12H,7-10,18H2,1H3,(H,19,22)(H,20,21). The fraction of sp³-hybridized carbons (Fsp3) is 0.294. The van der Waals surface area contributed by atoms with Crippen LogP contribution in [0, 0.1) is 6.92 Å². The molecule has 0 spiro atoms. The lowest BCUT2D eigenvalue weighted by Gasteiger charge is -2.09. The Bertz CT molecular complexity index is 613. The molecule has 2 rings (SSSR count). The van der Waals surface area contributed by atoms with Gasteiger partial charge in [-0.05, 0) is 30.5 Å². The third kappa shape index (κ3) is 5.09. The molecule has 5 nitrogen and oxygen atoms in total. The fourth-order valence-electron chi connectivity index (χ4n) is 2.11. The number of carbonyl (C=O) groups excluding carboxylic acids is 1. The first-order valence-corrected chi connectivity index (χ1v) is 7.42. The molecule has 0 saturated carbocycles. The largest absolute Gasteiger partial charge is 0.396 e. The second-order valence-electron chi connectivity index (χ2n) is 5.21. The molecule has 5 heteroatoms. The van der Waals surface area contributed by atoms with E-state index in [0.717, 1.165) is 12.0 Å². The number of hydrogen-bond donors (Lipinski definition) is 3. The first-order valence-electron chi connectivity index (χ1n) is 7.42. The van der Waals surface area contributed by atoms with Gasteiger partial charge < -0.3 is 16.4 Å². The van der Waals surface area contributed by atoms with E-state index in [9.17, 15) is 4.79 Å². The molecule has 22 heavy (non-hydrogen) atoms. The van der Waals surface area contributed by atoms with Crippen molar-refractivity contribution in [3.63, 3.8) is 0 Å². The quantitative estimate of drug-likeness (QED) is 0.684. The first-order chi connectivity index (χ1) is 10.6. The number of nitrogens with one attached hydrogen (secondary N) is 2. The Morgan fingerprint density at radius 3 is 2.73 bits per heavy atom. The number of nitrogen functional groups attached to an aromatic ring is 1. The van der Waals surface area contributed by atoms with E-state index in [-0.39, 0.29) is 5.91 Å². The summed E-state index contributed by atoms with van der Waals surface area (Å²) < 4.78 is 0. The van der Waals surface area contributed by atoms with Gasteiger partial charge in [0.1, 0.15) is 5.82 Å². The average Bonchev–Trinajstić information content (AvgIpc) is 2.52. The van der Waals surface area contributed by atoms with Gasteiger partial charge in [0, 0.05) is 25.7 Å². The molecule has 0 fully saturated rings. The molecule has 1 amide bonds. The minimum Gasteiger partial charge on any atom is -0.396 e. The molecule has 116 valence electrons. The van der Waals surface area contributed by atoms with Gasteiger partial charge in [-0.25, -0.2) is 4.98 Å². The van der Waals surface area contributed by atoms with Crippen LogP contribution >= 0.6 is 0 Å². The lowest BCUT2D eigenvalue weighted by atomic mass is 10.1. The van der Waals surface area contributed by atoms with Gasteiger partial charge in [0.15, 0.2) is 0 Å². The van der Waals surface area contributed by atoms with Crippen molar-refractivity contribution in [1.82, 2.24) is 10.3 Å². The molecule has 0 saturated heterocycles. The molecule has 0 bridgehead atoms. The highest BCUT2D eigenvalue weighted by Gasteiger charge is 2.03. The molecule has 1 heterocycles. The molecule has 2 aromatic rings. The summed E-state index contributed by atoms with van der Waals surface area (Å²) in [6.45, 7) is 3.08. The van der Waals surface area contributed by atoms with Crippen molar-refractivity contribution in [3.05, 3.63) is 53.7 Å². The number of rotatable bonds is 7. The minimum atomic E-state index is 0.0514. The Morgan fingerprint density at radius 2 is 2.00 bits per heavy atom. The molecule has 0 aliphatic rings. The molecule has 1 aromatic carbocycles. The smallest absolute Gasteiger partial charge is 0.220 e. The number of benzene rings is 1. The van der Waals surface area contributed by atoms with Crippen LogP contribution in [0.15, 0.2) is 42.6 Å². The maximum Gasteiger partial charge on any atom is 0.220 e. The number of hydrogen-bond acceptors (Lipinski definition) is 4. The molecule has 0 atom stereocenters. The van der Waals surface area contributed by atoms with Gasteiger partial charge >= 0.3 is 0 Å². The molecule has 0 radical (unpaired) electrons. The van der Waals surface area contributed by atoms with Crippen LogP contribution in [0.25, 0.3) is 0 Å². The second-order valence-corrected chi connectivity index (χ2v) is 5.21. The molecular formula is C17H22N4O. The number of pyridine rings is 1. The topological polar surface area (TPSA) is 80.0 Å². The lowest BCUT2D eigenvalue weighted by Crippen LogP contribution is -2.29. The highest BCUT2D eigenvalue weighted by atomic mass is 16.1. The highest BCUT2D eigenvalue weighted by Crippen LogP contribution is 2.14. The summed E-state index contributed by atoms with van der Waals surface area (Å²) in [5.74, 6) is 0.708. The number of nitrogens with two attached hydrogens (primary N) is 1. The van der Waals surface area contributed by atoms with Gasteiger partial charge in [0.2, 0.25) is 5.91 Å². The number of carbonyl (C=O) groups is 1. The number of aryl methyl sites for hydroxylation is 2. The first kappa shape index (κ1) is 15.8. The van der Waals surface area contributed by atoms with E-state index in [0.29, 0.717) is 31.0 Å². The Balaban J connectivity index is 1.65. The van der Waals surface area contributed by atoms with Gasteiger partial charge in [0.05, 0.1) is 5.69 Å². The summed E-state index contributed by atoms with van der Waals surface area (Å²) >= 11 is 0. The zero-order valence-electron chi connectivity index (χ0n) is 12.8. The van der Waals surface area contributed by atoms with Crippen LogP contribution in [0.4, 0.5) is 11.5 Å². The van der Waals surface area contributed by atoms with Crippen molar-refractivity contribution in [2.45, 2.75) is 19.8 Å². The summed E-state index contributed by atoms with van der Waals surface area (Å²) in [5, 5.41) is 6.00. The van der Waals surface area contributed by atoms with Gasteiger partial charge in [-0.3, -0.25) is 4.79 Å². The average molecular weight is 298 g/mol. The Labute approximate surface area is 130 Å². The molecule has 1 aromatic heterocycles. The van der Waals surface area contributed by atoms with E-state index in [4.69, 9.17) is 5.73 Å². The van der Waals surface area contributed by atoms with E-state index in [1.807, 2.05) is 43.3 Å². The number of amides is 1. The SMILES string of the molecule is Cc1cnc(NCCNC(=O)CCc2ccccc2)c(N)c1. The van der Waals surface area contributed by atoms with Gasteiger partial charge in [-0.1, -0.05) is 30.3 Å². The minimum absolute atomic E-state index is 0.0514. The van der Waals surface area contributed by atoms with Crippen molar-refractivity contribution < 1.29 is 4.79 Å². The normalized spacial score (nSPS) is 10.2. The van der Waals surface area contributed by atoms with Crippen LogP contribution < -0.4 is 16.4 Å². The molecule has 0 aliphatic carbocycles. The van der Waals surface area contributed by atoms with Crippen molar-refractivity contribution in [2.24, 2.45) is 0 Å². The summed E-state index contributed by atoms with van der Waals surface area (Å²) in [6, 6.07) is 11.9. The molecule has 0 aliphatic heterocycles. The molecular weight excluding hydrogens is 276 g/mol. The third-order valence-electron chi connectivity index (χ3n) is 3.28. The monoisotopic (exact) mass is 298 g/mol. The predicted octanol–water partition coefficient (Wildman–Crippen LogP) is 2.13. The van der Waals surface area contributed by atoms with Crippen LogP contribution in [0.5, 0.6) is 0 Å². The summed E-state index contributed by atoms with van der Waals surface area (Å²) in [7, 11) is 0. The Hall–Kier alpha value is -2.56. The zero-order chi connectivity index (χ0) is 15.8. The predicted molar refractivity (Wildman–Crippen MR) is 89.6 cm³/mol. The highest BCUT2D eigenvalue weighted by molar-refractivity contribution is 5.76. The van der Waals surface area contributed by atoms with Crippen LogP contribution in [-0.4, -0.2) is 24.0 Å². The fourth-order valence-corrected chi connectivity index (χ4v) is 2.11. The summed E-state index contributed by atoms with van der Waals surface area (Å²) in [4.78, 5) is 16.0. The van der Waals surface area contributed by atoms with E-state index in [1.165, 1.54) is 5.56 Å². The van der Waals surface area contributed by atoms with E-state index in [1.54, 1.807) is 6.20 Å². The Morgan fingerprint density at radius 1 is 1.23 bits per heavy atom.